The van der Waals surface area contributed by atoms with Gasteiger partial charge in [-0.25, -0.2) is 9.78 Å². The third-order valence-electron chi connectivity index (χ3n) is 5.92. The maximum Gasteiger partial charge on any atom is 0.323 e. The SMILES string of the molecule is Cc1ccc(NC(=O)N2CC3(CCC3)C2C2CCOCC2)nc1. The molecule has 1 aliphatic carbocycles. The van der Waals surface area contributed by atoms with Crippen molar-refractivity contribution in [2.45, 2.75) is 45.1 Å². The van der Waals surface area contributed by atoms with Gasteiger partial charge in [0, 0.05) is 37.4 Å². The van der Waals surface area contributed by atoms with E-state index in [1.807, 2.05) is 19.1 Å². The molecule has 5 heteroatoms. The van der Waals surface area contributed by atoms with Crippen molar-refractivity contribution in [2.75, 3.05) is 25.1 Å². The lowest BCUT2D eigenvalue weighted by Gasteiger charge is -2.64. The van der Waals surface area contributed by atoms with Crippen molar-refractivity contribution in [3.8, 4) is 0 Å². The van der Waals surface area contributed by atoms with Crippen LogP contribution in [0, 0.1) is 18.3 Å². The maximum absolute atomic E-state index is 12.7. The molecular formula is C18H25N3O2. The summed E-state index contributed by atoms with van der Waals surface area (Å²) in [6.07, 6.45) is 7.82. The standard InChI is InChI=1S/C18H25N3O2/c1-13-3-4-15(19-11-13)20-17(22)21-12-18(7-2-8-18)16(21)14-5-9-23-10-6-14/h3-4,11,14,16H,2,5-10,12H2,1H3,(H,19,20,22). The molecule has 5 nitrogen and oxygen atoms in total. The smallest absolute Gasteiger partial charge is 0.323 e. The highest BCUT2D eigenvalue weighted by Gasteiger charge is 2.59. The quantitative estimate of drug-likeness (QED) is 0.912. The Hall–Kier alpha value is -1.62. The number of ether oxygens (including phenoxy) is 1. The zero-order valence-electron chi connectivity index (χ0n) is 13.8. The average molecular weight is 315 g/mol. The van der Waals surface area contributed by atoms with E-state index in [0.717, 1.165) is 38.2 Å². The van der Waals surface area contributed by atoms with Crippen LogP contribution in [0.3, 0.4) is 0 Å². The van der Waals surface area contributed by atoms with Crippen LogP contribution in [0.15, 0.2) is 18.3 Å². The molecule has 1 aromatic rings. The number of pyridine rings is 1. The van der Waals surface area contributed by atoms with Gasteiger partial charge in [0.2, 0.25) is 0 Å². The van der Waals surface area contributed by atoms with Gasteiger partial charge >= 0.3 is 6.03 Å². The van der Waals surface area contributed by atoms with E-state index in [4.69, 9.17) is 4.74 Å². The molecule has 1 N–H and O–H groups in total. The normalized spacial score (nSPS) is 26.5. The van der Waals surface area contributed by atoms with E-state index in [1.54, 1.807) is 6.20 Å². The molecule has 1 atom stereocenters. The van der Waals surface area contributed by atoms with Gasteiger partial charge in [0.15, 0.2) is 0 Å². The fourth-order valence-electron chi connectivity index (χ4n) is 4.54. The highest BCUT2D eigenvalue weighted by molar-refractivity contribution is 5.89. The number of anilines is 1. The van der Waals surface area contributed by atoms with Crippen molar-refractivity contribution in [3.05, 3.63) is 23.9 Å². The summed E-state index contributed by atoms with van der Waals surface area (Å²) >= 11 is 0. The summed E-state index contributed by atoms with van der Waals surface area (Å²) in [5, 5.41) is 2.97. The van der Waals surface area contributed by atoms with Crippen molar-refractivity contribution in [2.24, 2.45) is 11.3 Å². The van der Waals surface area contributed by atoms with Gasteiger partial charge in [-0.1, -0.05) is 12.5 Å². The van der Waals surface area contributed by atoms with Gasteiger partial charge in [0.05, 0.1) is 0 Å². The molecule has 3 fully saturated rings. The summed E-state index contributed by atoms with van der Waals surface area (Å²) < 4.78 is 5.51. The third kappa shape index (κ3) is 2.61. The van der Waals surface area contributed by atoms with Crippen LogP contribution in [0.25, 0.3) is 0 Å². The second kappa shape index (κ2) is 5.78. The number of urea groups is 1. The molecule has 0 aromatic carbocycles. The van der Waals surface area contributed by atoms with Gasteiger partial charge in [-0.3, -0.25) is 5.32 Å². The first kappa shape index (κ1) is 14.9. The summed E-state index contributed by atoms with van der Waals surface area (Å²) in [5.41, 5.74) is 1.50. The van der Waals surface area contributed by atoms with E-state index in [-0.39, 0.29) is 6.03 Å². The van der Waals surface area contributed by atoms with Crippen LogP contribution < -0.4 is 5.32 Å². The second-order valence-electron chi connectivity index (χ2n) is 7.39. The van der Waals surface area contributed by atoms with Crippen LogP contribution >= 0.6 is 0 Å². The van der Waals surface area contributed by atoms with Gasteiger partial charge in [-0.2, -0.15) is 0 Å². The summed E-state index contributed by atoms with van der Waals surface area (Å²) in [6.45, 7) is 4.58. The Balaban J connectivity index is 1.46. The zero-order valence-corrected chi connectivity index (χ0v) is 13.8. The van der Waals surface area contributed by atoms with E-state index in [9.17, 15) is 4.79 Å². The summed E-state index contributed by atoms with van der Waals surface area (Å²) in [5.74, 6) is 1.23. The van der Waals surface area contributed by atoms with E-state index < -0.39 is 0 Å². The molecule has 1 spiro atoms. The molecule has 2 aliphatic heterocycles. The number of nitrogens with one attached hydrogen (secondary N) is 1. The fraction of sp³-hybridized carbons (Fsp3) is 0.667. The average Bonchev–Trinajstić information content (AvgIpc) is 2.48. The molecule has 124 valence electrons. The number of carbonyl (C=O) groups excluding carboxylic acids is 1. The Kier molecular flexibility index (Phi) is 3.76. The molecule has 2 saturated heterocycles. The minimum atomic E-state index is 0.00960. The van der Waals surface area contributed by atoms with E-state index >= 15 is 0 Å². The number of aryl methyl sites for hydroxylation is 1. The van der Waals surface area contributed by atoms with Crippen molar-refractivity contribution in [3.63, 3.8) is 0 Å². The van der Waals surface area contributed by atoms with Crippen LogP contribution in [-0.4, -0.2) is 41.7 Å². The predicted octanol–water partition coefficient (Wildman–Crippen LogP) is 3.20. The van der Waals surface area contributed by atoms with Crippen LogP contribution in [0.1, 0.15) is 37.7 Å². The summed E-state index contributed by atoms with van der Waals surface area (Å²) in [7, 11) is 0. The molecule has 2 amide bonds. The monoisotopic (exact) mass is 315 g/mol. The molecule has 0 radical (unpaired) electrons. The summed E-state index contributed by atoms with van der Waals surface area (Å²) in [6, 6.07) is 4.25. The molecule has 1 aromatic heterocycles. The maximum atomic E-state index is 12.7. The molecule has 1 saturated carbocycles. The van der Waals surface area contributed by atoms with Gasteiger partial charge in [0.25, 0.3) is 0 Å². The Morgan fingerprint density at radius 3 is 2.74 bits per heavy atom. The Morgan fingerprint density at radius 2 is 2.13 bits per heavy atom. The van der Waals surface area contributed by atoms with Crippen LogP contribution in [0.5, 0.6) is 0 Å². The van der Waals surface area contributed by atoms with Gasteiger partial charge in [-0.15, -0.1) is 0 Å². The summed E-state index contributed by atoms with van der Waals surface area (Å²) in [4.78, 5) is 19.0. The second-order valence-corrected chi connectivity index (χ2v) is 7.39. The molecular weight excluding hydrogens is 290 g/mol. The number of amides is 2. The number of hydrogen-bond donors (Lipinski definition) is 1. The minimum absolute atomic E-state index is 0.00960. The highest BCUT2D eigenvalue weighted by Crippen LogP contribution is 2.56. The van der Waals surface area contributed by atoms with Crippen molar-refractivity contribution in [1.82, 2.24) is 9.88 Å². The number of aromatic nitrogens is 1. The number of likely N-dealkylation sites (tertiary alicyclic amines) is 1. The highest BCUT2D eigenvalue weighted by atomic mass is 16.5. The minimum Gasteiger partial charge on any atom is -0.381 e. The molecule has 23 heavy (non-hydrogen) atoms. The number of hydrogen-bond acceptors (Lipinski definition) is 3. The van der Waals surface area contributed by atoms with Crippen LogP contribution in [-0.2, 0) is 4.74 Å². The first-order valence-corrected chi connectivity index (χ1v) is 8.76. The third-order valence-corrected chi connectivity index (χ3v) is 5.92. The van der Waals surface area contributed by atoms with Gasteiger partial charge in [-0.05, 0) is 50.2 Å². The van der Waals surface area contributed by atoms with Crippen molar-refractivity contribution >= 4 is 11.8 Å². The zero-order chi connectivity index (χ0) is 15.9. The Bertz CT molecular complexity index is 576. The molecule has 0 bridgehead atoms. The molecule has 1 unspecified atom stereocenters. The molecule has 3 heterocycles. The van der Waals surface area contributed by atoms with Crippen LogP contribution in [0.2, 0.25) is 0 Å². The first-order chi connectivity index (χ1) is 11.2. The van der Waals surface area contributed by atoms with E-state index in [1.165, 1.54) is 19.3 Å². The van der Waals surface area contributed by atoms with Crippen molar-refractivity contribution < 1.29 is 9.53 Å². The molecule has 3 aliphatic rings. The fourth-order valence-corrected chi connectivity index (χ4v) is 4.54. The lowest BCUT2D eigenvalue weighted by Crippen LogP contribution is -2.72. The molecule has 4 rings (SSSR count). The lowest BCUT2D eigenvalue weighted by atomic mass is 9.54. The first-order valence-electron chi connectivity index (χ1n) is 8.76. The Morgan fingerprint density at radius 1 is 1.35 bits per heavy atom. The lowest BCUT2D eigenvalue weighted by molar-refractivity contribution is -0.135. The number of carbonyl (C=O) groups is 1. The predicted molar refractivity (Wildman–Crippen MR) is 88.3 cm³/mol. The Labute approximate surface area is 137 Å². The van der Waals surface area contributed by atoms with E-state index in [0.29, 0.717) is 23.2 Å². The number of nitrogens with zero attached hydrogens (tertiary/aromatic N) is 2. The van der Waals surface area contributed by atoms with Crippen LogP contribution in [0.4, 0.5) is 10.6 Å². The van der Waals surface area contributed by atoms with E-state index in [2.05, 4.69) is 15.2 Å². The number of rotatable bonds is 2. The topological polar surface area (TPSA) is 54.5 Å². The van der Waals surface area contributed by atoms with Gasteiger partial charge < -0.3 is 9.64 Å². The largest absolute Gasteiger partial charge is 0.381 e. The van der Waals surface area contributed by atoms with Crippen molar-refractivity contribution in [1.29, 1.82) is 0 Å². The van der Waals surface area contributed by atoms with Gasteiger partial charge in [0.1, 0.15) is 5.82 Å².